The van der Waals surface area contributed by atoms with Gasteiger partial charge >= 0.3 is 0 Å². The Labute approximate surface area is 174 Å². The van der Waals surface area contributed by atoms with Crippen molar-refractivity contribution in [3.05, 3.63) is 48.4 Å². The van der Waals surface area contributed by atoms with Crippen molar-refractivity contribution in [2.75, 3.05) is 12.9 Å². The first kappa shape index (κ1) is 21.0. The lowest BCUT2D eigenvalue weighted by Gasteiger charge is -2.14. The Morgan fingerprint density at radius 1 is 1.24 bits per heavy atom. The van der Waals surface area contributed by atoms with E-state index in [0.29, 0.717) is 17.5 Å². The largest absolute Gasteiger partial charge is 0.497 e. The summed E-state index contributed by atoms with van der Waals surface area (Å²) in [7, 11) is 1.63. The van der Waals surface area contributed by atoms with Crippen LogP contribution in [0.1, 0.15) is 32.4 Å². The molecule has 0 saturated carbocycles. The van der Waals surface area contributed by atoms with E-state index in [1.165, 1.54) is 11.8 Å². The summed E-state index contributed by atoms with van der Waals surface area (Å²) in [6.45, 7) is 4.62. The number of ether oxygens (including phenoxy) is 1. The van der Waals surface area contributed by atoms with Crippen molar-refractivity contribution in [3.63, 3.8) is 0 Å². The minimum absolute atomic E-state index is 0.000760. The lowest BCUT2D eigenvalue weighted by atomic mass is 10.2. The van der Waals surface area contributed by atoms with Crippen LogP contribution < -0.4 is 10.1 Å². The molecule has 0 saturated heterocycles. The molecule has 0 unspecified atom stereocenters. The van der Waals surface area contributed by atoms with Crippen LogP contribution in [0.25, 0.3) is 11.4 Å². The van der Waals surface area contributed by atoms with Gasteiger partial charge in [-0.05, 0) is 37.1 Å². The Morgan fingerprint density at radius 2 is 2.07 bits per heavy atom. The summed E-state index contributed by atoms with van der Waals surface area (Å²) in [5, 5.41) is 12.4. The Morgan fingerprint density at radius 3 is 2.76 bits per heavy atom. The number of methoxy groups -OCH3 is 1. The summed E-state index contributed by atoms with van der Waals surface area (Å²) in [6.07, 6.45) is 3.48. The molecule has 0 fully saturated rings. The molecule has 154 valence electrons. The number of nitrogens with zero attached hydrogens (tertiary/aromatic N) is 3. The molecule has 7 nitrogen and oxygen atoms in total. The van der Waals surface area contributed by atoms with E-state index in [9.17, 15) is 4.79 Å². The normalized spacial score (nSPS) is 11.0. The Bertz CT molecular complexity index is 920. The zero-order valence-corrected chi connectivity index (χ0v) is 17.7. The molecule has 2 heterocycles. The molecular formula is C21H26N4O3S. The third-order valence-corrected chi connectivity index (χ3v) is 5.59. The second-order valence-electron chi connectivity index (χ2n) is 6.57. The molecule has 29 heavy (non-hydrogen) atoms. The van der Waals surface area contributed by atoms with Crippen molar-refractivity contribution >= 4 is 17.7 Å². The van der Waals surface area contributed by atoms with E-state index in [2.05, 4.69) is 29.4 Å². The maximum Gasteiger partial charge on any atom is 0.230 e. The molecule has 1 aromatic carbocycles. The van der Waals surface area contributed by atoms with Crippen molar-refractivity contribution in [1.29, 1.82) is 0 Å². The molecule has 0 bridgehead atoms. The monoisotopic (exact) mass is 414 g/mol. The van der Waals surface area contributed by atoms with Gasteiger partial charge < -0.3 is 14.5 Å². The number of rotatable bonds is 10. The summed E-state index contributed by atoms with van der Waals surface area (Å²) in [4.78, 5) is 12.3. The number of benzene rings is 1. The van der Waals surface area contributed by atoms with Crippen LogP contribution in [-0.4, -0.2) is 39.6 Å². The predicted molar refractivity (Wildman–Crippen MR) is 113 cm³/mol. The third-order valence-electron chi connectivity index (χ3n) is 4.62. The average molecular weight is 415 g/mol. The fourth-order valence-electron chi connectivity index (χ4n) is 2.96. The average Bonchev–Trinajstić information content (AvgIpc) is 3.41. The number of hydrogen-bond donors (Lipinski definition) is 1. The Kier molecular flexibility index (Phi) is 7.35. The maximum atomic E-state index is 12.3. The third kappa shape index (κ3) is 5.41. The highest BCUT2D eigenvalue weighted by Gasteiger charge is 2.18. The molecule has 0 aliphatic heterocycles. The number of carbonyl (C=O) groups excluding carboxylic acids is 1. The molecule has 0 spiro atoms. The second kappa shape index (κ2) is 10.2. The number of furan rings is 1. The first-order valence-electron chi connectivity index (χ1n) is 9.66. The highest BCUT2D eigenvalue weighted by Crippen LogP contribution is 2.27. The molecule has 0 aliphatic rings. The van der Waals surface area contributed by atoms with E-state index >= 15 is 0 Å². The van der Waals surface area contributed by atoms with Crippen molar-refractivity contribution in [2.24, 2.45) is 0 Å². The van der Waals surface area contributed by atoms with Gasteiger partial charge in [-0.1, -0.05) is 37.7 Å². The summed E-state index contributed by atoms with van der Waals surface area (Å²) >= 11 is 1.37. The predicted octanol–water partition coefficient (Wildman–Crippen LogP) is 3.99. The van der Waals surface area contributed by atoms with Crippen LogP contribution in [0.3, 0.4) is 0 Å². The van der Waals surface area contributed by atoms with Crippen LogP contribution >= 0.6 is 11.8 Å². The van der Waals surface area contributed by atoms with Crippen molar-refractivity contribution in [1.82, 2.24) is 20.1 Å². The summed E-state index contributed by atoms with van der Waals surface area (Å²) < 4.78 is 12.8. The van der Waals surface area contributed by atoms with E-state index < -0.39 is 0 Å². The smallest absolute Gasteiger partial charge is 0.230 e. The second-order valence-corrected chi connectivity index (χ2v) is 7.52. The fraction of sp³-hybridized carbons (Fsp3) is 0.381. The topological polar surface area (TPSA) is 82.2 Å². The van der Waals surface area contributed by atoms with Gasteiger partial charge in [-0.2, -0.15) is 0 Å². The maximum absolute atomic E-state index is 12.3. The van der Waals surface area contributed by atoms with Crippen molar-refractivity contribution in [2.45, 2.75) is 44.4 Å². The van der Waals surface area contributed by atoms with Crippen molar-refractivity contribution in [3.8, 4) is 17.1 Å². The van der Waals surface area contributed by atoms with Gasteiger partial charge in [-0.25, -0.2) is 0 Å². The number of aromatic nitrogens is 3. The quantitative estimate of drug-likeness (QED) is 0.505. The first-order chi connectivity index (χ1) is 14.1. The highest BCUT2D eigenvalue weighted by atomic mass is 32.2. The van der Waals surface area contributed by atoms with E-state index in [1.54, 1.807) is 13.4 Å². The standard InChI is InChI=1S/C21H26N4O3S/c1-4-16(5-2)22-19(26)14-29-21-24-23-20(15-8-6-9-17(12-15)27-3)25(21)13-18-10-7-11-28-18/h6-12,16H,4-5,13-14H2,1-3H3,(H,22,26). The fourth-order valence-corrected chi connectivity index (χ4v) is 3.71. The van der Waals surface area contributed by atoms with Crippen LogP contribution in [0.2, 0.25) is 0 Å². The number of nitrogens with one attached hydrogen (secondary N) is 1. The molecule has 1 N–H and O–H groups in total. The van der Waals surface area contributed by atoms with Gasteiger partial charge in [-0.15, -0.1) is 10.2 Å². The van der Waals surface area contributed by atoms with Crippen LogP contribution in [-0.2, 0) is 11.3 Å². The van der Waals surface area contributed by atoms with Gasteiger partial charge in [0.25, 0.3) is 0 Å². The van der Waals surface area contributed by atoms with Crippen LogP contribution in [0.5, 0.6) is 5.75 Å². The Balaban J connectivity index is 1.83. The molecule has 0 aliphatic carbocycles. The molecule has 3 aromatic rings. The van der Waals surface area contributed by atoms with E-state index in [0.717, 1.165) is 29.9 Å². The molecule has 0 atom stereocenters. The molecule has 2 aromatic heterocycles. The van der Waals surface area contributed by atoms with E-state index in [-0.39, 0.29) is 17.7 Å². The molecular weight excluding hydrogens is 388 g/mol. The molecule has 3 rings (SSSR count). The van der Waals surface area contributed by atoms with Gasteiger partial charge in [-0.3, -0.25) is 9.36 Å². The van der Waals surface area contributed by atoms with Gasteiger partial charge in [0.05, 0.1) is 25.7 Å². The van der Waals surface area contributed by atoms with Gasteiger partial charge in [0, 0.05) is 11.6 Å². The number of carbonyl (C=O) groups is 1. The van der Waals surface area contributed by atoms with E-state index in [1.807, 2.05) is 41.0 Å². The lowest BCUT2D eigenvalue weighted by Crippen LogP contribution is -2.35. The highest BCUT2D eigenvalue weighted by molar-refractivity contribution is 7.99. The number of thioether (sulfide) groups is 1. The number of hydrogen-bond acceptors (Lipinski definition) is 6. The van der Waals surface area contributed by atoms with Gasteiger partial charge in [0.15, 0.2) is 11.0 Å². The summed E-state index contributed by atoms with van der Waals surface area (Å²) in [5.74, 6) is 2.51. The molecule has 8 heteroatoms. The lowest BCUT2D eigenvalue weighted by molar-refractivity contribution is -0.119. The first-order valence-corrected chi connectivity index (χ1v) is 10.6. The summed E-state index contributed by atoms with van der Waals surface area (Å²) in [5.41, 5.74) is 0.886. The van der Waals surface area contributed by atoms with Crippen molar-refractivity contribution < 1.29 is 13.9 Å². The van der Waals surface area contributed by atoms with Crippen LogP contribution in [0.15, 0.2) is 52.2 Å². The summed E-state index contributed by atoms with van der Waals surface area (Å²) in [6, 6.07) is 11.6. The molecule has 0 radical (unpaired) electrons. The SMILES string of the molecule is CCC(CC)NC(=O)CSc1nnc(-c2cccc(OC)c2)n1Cc1ccco1. The minimum Gasteiger partial charge on any atom is -0.497 e. The van der Waals surface area contributed by atoms with Crippen LogP contribution in [0.4, 0.5) is 0 Å². The van der Waals surface area contributed by atoms with Crippen LogP contribution in [0, 0.1) is 0 Å². The zero-order valence-electron chi connectivity index (χ0n) is 16.9. The van der Waals surface area contributed by atoms with E-state index in [4.69, 9.17) is 9.15 Å². The Hall–Kier alpha value is -2.74. The van der Waals surface area contributed by atoms with Gasteiger partial charge in [0.1, 0.15) is 11.5 Å². The van der Waals surface area contributed by atoms with Gasteiger partial charge in [0.2, 0.25) is 5.91 Å². The molecule has 1 amide bonds. The minimum atomic E-state index is -0.000760. The zero-order chi connectivity index (χ0) is 20.6. The number of amides is 1.